The molecule has 0 radical (unpaired) electrons. The summed E-state index contributed by atoms with van der Waals surface area (Å²) in [5.41, 5.74) is 1.29. The van der Waals surface area contributed by atoms with Crippen LogP contribution in [-0.4, -0.2) is 42.5 Å². The van der Waals surface area contributed by atoms with Crippen LogP contribution in [0.4, 0.5) is 0 Å². The lowest BCUT2D eigenvalue weighted by atomic mass is 9.77. The minimum atomic E-state index is 0.388. The third-order valence-corrected chi connectivity index (χ3v) is 6.64. The molecule has 5 nitrogen and oxygen atoms in total. The van der Waals surface area contributed by atoms with E-state index >= 15 is 0 Å². The third kappa shape index (κ3) is 5.40. The summed E-state index contributed by atoms with van der Waals surface area (Å²) < 4.78 is 14.6. The number of hydrogen-bond donors (Lipinski definition) is 1. The van der Waals surface area contributed by atoms with Crippen molar-refractivity contribution in [3.63, 3.8) is 0 Å². The molecule has 2 fully saturated rings. The van der Waals surface area contributed by atoms with Crippen LogP contribution in [-0.2, 0) is 11.8 Å². The van der Waals surface area contributed by atoms with Gasteiger partial charge in [0, 0.05) is 56.4 Å². The van der Waals surface area contributed by atoms with Gasteiger partial charge in [-0.05, 0) is 30.9 Å². The average Bonchev–Trinajstić information content (AvgIpc) is 3.19. The molecular weight excluding hydrogens is 362 g/mol. The summed E-state index contributed by atoms with van der Waals surface area (Å²) in [5.74, 6) is 2.91. The van der Waals surface area contributed by atoms with Crippen molar-refractivity contribution < 1.29 is 9.47 Å². The van der Waals surface area contributed by atoms with Crippen LogP contribution < -0.4 is 10.1 Å². The molecule has 3 atom stereocenters. The second kappa shape index (κ2) is 10.3. The van der Waals surface area contributed by atoms with Crippen molar-refractivity contribution in [2.45, 2.75) is 38.0 Å². The Balaban J connectivity index is 1.40. The van der Waals surface area contributed by atoms with Gasteiger partial charge >= 0.3 is 0 Å². The lowest BCUT2D eigenvalue weighted by molar-refractivity contribution is 0.0323. The normalized spacial score (nSPS) is 25.8. The molecule has 1 N–H and O–H groups in total. The zero-order chi connectivity index (χ0) is 19.9. The Bertz CT molecular complexity index is 727. The van der Waals surface area contributed by atoms with E-state index < -0.39 is 0 Å². The fourth-order valence-electron chi connectivity index (χ4n) is 5.05. The lowest BCUT2D eigenvalue weighted by Crippen LogP contribution is -2.46. The number of para-hydroxylation sites is 1. The molecule has 0 spiro atoms. The lowest BCUT2D eigenvalue weighted by Gasteiger charge is -2.39. The standard InChI is InChI=1S/C24H35N3O2/c1-27-18-26-14-23(27)24-20(16-28-15-19-8-4-2-5-9-19)12-25-13-21(24)17-29-22-10-6-3-7-11-22/h3,6-7,10-11,14,18-21,24-25H,2,4-5,8-9,12-13,15-17H2,1H3. The first kappa shape index (κ1) is 20.4. The van der Waals surface area contributed by atoms with Crippen molar-refractivity contribution in [1.29, 1.82) is 0 Å². The second-order valence-corrected chi connectivity index (χ2v) is 8.80. The summed E-state index contributed by atoms with van der Waals surface area (Å²) in [5, 5.41) is 3.63. The highest BCUT2D eigenvalue weighted by atomic mass is 16.5. The maximum absolute atomic E-state index is 6.28. The Morgan fingerprint density at radius 3 is 2.48 bits per heavy atom. The highest BCUT2D eigenvalue weighted by Crippen LogP contribution is 2.35. The Morgan fingerprint density at radius 2 is 1.76 bits per heavy atom. The van der Waals surface area contributed by atoms with Gasteiger partial charge in [-0.2, -0.15) is 0 Å². The number of imidazole rings is 1. The summed E-state index contributed by atoms with van der Waals surface area (Å²) in [4.78, 5) is 4.40. The van der Waals surface area contributed by atoms with Crippen molar-refractivity contribution in [2.75, 3.05) is 32.9 Å². The van der Waals surface area contributed by atoms with Crippen LogP contribution in [0.25, 0.3) is 0 Å². The van der Waals surface area contributed by atoms with Gasteiger partial charge in [0.1, 0.15) is 5.75 Å². The zero-order valence-electron chi connectivity index (χ0n) is 17.6. The van der Waals surface area contributed by atoms with Crippen LogP contribution in [0.15, 0.2) is 42.9 Å². The fourth-order valence-corrected chi connectivity index (χ4v) is 5.05. The summed E-state index contributed by atoms with van der Waals surface area (Å²) in [6.07, 6.45) is 10.7. The molecule has 2 heterocycles. The van der Waals surface area contributed by atoms with E-state index in [-0.39, 0.29) is 0 Å². The predicted octanol–water partition coefficient (Wildman–Crippen LogP) is 4.02. The third-order valence-electron chi connectivity index (χ3n) is 6.64. The molecule has 1 saturated heterocycles. The van der Waals surface area contributed by atoms with Gasteiger partial charge in [0.25, 0.3) is 0 Å². The van der Waals surface area contributed by atoms with Crippen molar-refractivity contribution in [2.24, 2.45) is 24.8 Å². The molecule has 5 heteroatoms. The van der Waals surface area contributed by atoms with Crippen LogP contribution in [0, 0.1) is 17.8 Å². The van der Waals surface area contributed by atoms with Gasteiger partial charge in [-0.1, -0.05) is 37.5 Å². The minimum absolute atomic E-state index is 0.388. The van der Waals surface area contributed by atoms with E-state index in [1.165, 1.54) is 37.8 Å². The molecule has 0 amide bonds. The first-order valence-corrected chi connectivity index (χ1v) is 11.2. The van der Waals surface area contributed by atoms with E-state index in [0.717, 1.165) is 38.0 Å². The van der Waals surface area contributed by atoms with E-state index in [0.29, 0.717) is 24.4 Å². The molecule has 3 unspecified atom stereocenters. The Labute approximate surface area is 174 Å². The van der Waals surface area contributed by atoms with E-state index in [4.69, 9.17) is 9.47 Å². The largest absolute Gasteiger partial charge is 0.493 e. The van der Waals surface area contributed by atoms with Crippen molar-refractivity contribution in [1.82, 2.24) is 14.9 Å². The monoisotopic (exact) mass is 397 g/mol. The number of aryl methyl sites for hydroxylation is 1. The van der Waals surface area contributed by atoms with Gasteiger partial charge in [0.2, 0.25) is 0 Å². The number of nitrogens with zero attached hydrogens (tertiary/aromatic N) is 2. The Kier molecular flexibility index (Phi) is 7.23. The van der Waals surface area contributed by atoms with Crippen molar-refractivity contribution >= 4 is 0 Å². The number of hydrogen-bond acceptors (Lipinski definition) is 4. The van der Waals surface area contributed by atoms with Gasteiger partial charge in [-0.25, -0.2) is 4.98 Å². The van der Waals surface area contributed by atoms with Gasteiger partial charge in [0.15, 0.2) is 0 Å². The molecule has 4 rings (SSSR count). The molecule has 2 aromatic rings. The molecular formula is C24H35N3O2. The quantitative estimate of drug-likeness (QED) is 0.731. The second-order valence-electron chi connectivity index (χ2n) is 8.80. The molecule has 1 aromatic heterocycles. The summed E-state index contributed by atoms with van der Waals surface area (Å²) >= 11 is 0. The maximum atomic E-state index is 6.28. The Hall–Kier alpha value is -1.85. The molecule has 2 aliphatic rings. The van der Waals surface area contributed by atoms with Crippen LogP contribution in [0.2, 0.25) is 0 Å². The van der Waals surface area contributed by atoms with E-state index in [2.05, 4.69) is 21.9 Å². The van der Waals surface area contributed by atoms with E-state index in [9.17, 15) is 0 Å². The topological polar surface area (TPSA) is 48.3 Å². The number of rotatable bonds is 8. The van der Waals surface area contributed by atoms with E-state index in [1.54, 1.807) is 0 Å². The summed E-state index contributed by atoms with van der Waals surface area (Å²) in [6, 6.07) is 10.1. The fraction of sp³-hybridized carbons (Fsp3) is 0.625. The summed E-state index contributed by atoms with van der Waals surface area (Å²) in [7, 11) is 2.10. The minimum Gasteiger partial charge on any atom is -0.493 e. The van der Waals surface area contributed by atoms with Gasteiger partial charge in [-0.3, -0.25) is 0 Å². The first-order chi connectivity index (χ1) is 14.3. The van der Waals surface area contributed by atoms with Crippen LogP contribution in [0.3, 0.4) is 0 Å². The molecule has 0 bridgehead atoms. The maximum Gasteiger partial charge on any atom is 0.119 e. The molecule has 29 heavy (non-hydrogen) atoms. The van der Waals surface area contributed by atoms with Crippen LogP contribution >= 0.6 is 0 Å². The number of aromatic nitrogens is 2. The predicted molar refractivity (Wildman–Crippen MR) is 115 cm³/mol. The number of ether oxygens (including phenoxy) is 2. The first-order valence-electron chi connectivity index (χ1n) is 11.2. The highest BCUT2D eigenvalue weighted by Gasteiger charge is 2.36. The van der Waals surface area contributed by atoms with Crippen LogP contribution in [0.1, 0.15) is 43.7 Å². The molecule has 1 aromatic carbocycles. The van der Waals surface area contributed by atoms with Crippen molar-refractivity contribution in [3.8, 4) is 5.75 Å². The SMILES string of the molecule is Cn1cncc1C1C(COCC2CCCCC2)CNCC1COc1ccccc1. The zero-order valence-corrected chi connectivity index (χ0v) is 17.6. The van der Waals surface area contributed by atoms with Gasteiger partial charge in [-0.15, -0.1) is 0 Å². The van der Waals surface area contributed by atoms with Gasteiger partial charge in [0.05, 0.1) is 19.5 Å². The summed E-state index contributed by atoms with van der Waals surface area (Å²) in [6.45, 7) is 4.37. The van der Waals surface area contributed by atoms with E-state index in [1.807, 2.05) is 42.9 Å². The molecule has 1 aliphatic heterocycles. The molecule has 1 saturated carbocycles. The number of benzene rings is 1. The molecule has 158 valence electrons. The smallest absolute Gasteiger partial charge is 0.119 e. The number of piperidine rings is 1. The Morgan fingerprint density at radius 1 is 1.00 bits per heavy atom. The number of nitrogens with one attached hydrogen (secondary N) is 1. The molecule has 1 aliphatic carbocycles. The highest BCUT2D eigenvalue weighted by molar-refractivity contribution is 5.21. The van der Waals surface area contributed by atoms with Gasteiger partial charge < -0.3 is 19.4 Å². The average molecular weight is 398 g/mol. The van der Waals surface area contributed by atoms with Crippen LogP contribution in [0.5, 0.6) is 5.75 Å². The van der Waals surface area contributed by atoms with Crippen molar-refractivity contribution in [3.05, 3.63) is 48.5 Å².